The Labute approximate surface area is 57.3 Å². The highest BCUT2D eigenvalue weighted by atomic mass is 14.6. The van der Waals surface area contributed by atoms with Gasteiger partial charge in [0.1, 0.15) is 0 Å². The van der Waals surface area contributed by atoms with Gasteiger partial charge >= 0.3 is 0 Å². The Balaban J connectivity index is 3.84. The van der Waals surface area contributed by atoms with Crippen LogP contribution in [-0.4, -0.2) is 6.04 Å². The van der Waals surface area contributed by atoms with Crippen molar-refractivity contribution in [2.24, 2.45) is 5.73 Å². The third-order valence-corrected chi connectivity index (χ3v) is 0.955. The zero-order chi connectivity index (χ0) is 7.28. The molecule has 0 amide bonds. The average molecular weight is 125 g/mol. The molecule has 1 unspecified atom stereocenters. The van der Waals surface area contributed by atoms with Gasteiger partial charge in [-0.2, -0.15) is 0 Å². The summed E-state index contributed by atoms with van der Waals surface area (Å²) in [5.41, 5.74) is 6.74. The maximum Gasteiger partial charge on any atom is 0.0200 e. The lowest BCUT2D eigenvalue weighted by atomic mass is 10.2. The Morgan fingerprint density at radius 2 is 2.11 bits per heavy atom. The average Bonchev–Trinajstić information content (AvgIpc) is 1.63. The molecule has 0 aromatic carbocycles. The van der Waals surface area contributed by atoms with Crippen LogP contribution in [0.5, 0.6) is 0 Å². The van der Waals surface area contributed by atoms with Gasteiger partial charge in [-0.1, -0.05) is 23.8 Å². The smallest absolute Gasteiger partial charge is 0.0200 e. The molecule has 0 aromatic heterocycles. The molecule has 0 spiro atoms. The van der Waals surface area contributed by atoms with Gasteiger partial charge in [0.25, 0.3) is 0 Å². The van der Waals surface area contributed by atoms with E-state index in [1.807, 2.05) is 39.0 Å². The van der Waals surface area contributed by atoms with E-state index in [-0.39, 0.29) is 6.04 Å². The molecule has 1 nitrogen and oxygen atoms in total. The predicted molar refractivity (Wildman–Crippen MR) is 42.2 cm³/mol. The molecule has 0 aliphatic rings. The molecule has 0 aliphatic carbocycles. The van der Waals surface area contributed by atoms with Crippen molar-refractivity contribution in [3.63, 3.8) is 0 Å². The fraction of sp³-hybridized carbons (Fsp3) is 0.500. The zero-order valence-corrected chi connectivity index (χ0v) is 6.39. The number of allylic oxidation sites excluding steroid dienone is 3. The van der Waals surface area contributed by atoms with Crippen molar-refractivity contribution in [3.8, 4) is 0 Å². The van der Waals surface area contributed by atoms with Gasteiger partial charge < -0.3 is 5.73 Å². The van der Waals surface area contributed by atoms with Crippen LogP contribution in [0.3, 0.4) is 0 Å². The highest BCUT2D eigenvalue weighted by Gasteiger charge is 1.84. The van der Waals surface area contributed by atoms with E-state index in [2.05, 4.69) is 0 Å². The van der Waals surface area contributed by atoms with Crippen molar-refractivity contribution in [3.05, 3.63) is 23.8 Å². The van der Waals surface area contributed by atoms with Gasteiger partial charge in [-0.25, -0.2) is 0 Å². The van der Waals surface area contributed by atoms with E-state index in [0.29, 0.717) is 0 Å². The van der Waals surface area contributed by atoms with E-state index in [9.17, 15) is 0 Å². The molecular weight excluding hydrogens is 110 g/mol. The van der Waals surface area contributed by atoms with Crippen LogP contribution in [0, 0.1) is 0 Å². The van der Waals surface area contributed by atoms with Crippen LogP contribution in [0.4, 0.5) is 0 Å². The van der Waals surface area contributed by atoms with Crippen molar-refractivity contribution in [2.75, 3.05) is 0 Å². The maximum absolute atomic E-state index is 5.51. The second kappa shape index (κ2) is 4.33. The van der Waals surface area contributed by atoms with Crippen molar-refractivity contribution in [1.29, 1.82) is 0 Å². The van der Waals surface area contributed by atoms with Crippen molar-refractivity contribution in [2.45, 2.75) is 26.8 Å². The summed E-state index contributed by atoms with van der Waals surface area (Å²) in [5, 5.41) is 0. The van der Waals surface area contributed by atoms with E-state index >= 15 is 0 Å². The molecule has 0 heterocycles. The normalized spacial score (nSPS) is 16.7. The Bertz CT molecular complexity index is 121. The Morgan fingerprint density at radius 1 is 1.56 bits per heavy atom. The molecule has 1 heteroatoms. The van der Waals surface area contributed by atoms with Gasteiger partial charge in [-0.3, -0.25) is 0 Å². The summed E-state index contributed by atoms with van der Waals surface area (Å²) in [7, 11) is 0. The van der Waals surface area contributed by atoms with Gasteiger partial charge in [0.15, 0.2) is 0 Å². The summed E-state index contributed by atoms with van der Waals surface area (Å²) in [6.07, 6.45) is 6.08. The number of hydrogen-bond donors (Lipinski definition) is 1. The Kier molecular flexibility index (Phi) is 4.06. The minimum Gasteiger partial charge on any atom is -0.325 e. The molecule has 0 fully saturated rings. The maximum atomic E-state index is 5.51. The second-order valence-corrected chi connectivity index (χ2v) is 2.27. The summed E-state index contributed by atoms with van der Waals surface area (Å²) in [6, 6.07) is 0.168. The van der Waals surface area contributed by atoms with Crippen molar-refractivity contribution < 1.29 is 0 Å². The second-order valence-electron chi connectivity index (χ2n) is 2.27. The molecule has 9 heavy (non-hydrogen) atoms. The molecule has 1 atom stereocenters. The lowest BCUT2D eigenvalue weighted by Crippen LogP contribution is -2.10. The van der Waals surface area contributed by atoms with Crippen molar-refractivity contribution >= 4 is 0 Å². The fourth-order valence-electron chi connectivity index (χ4n) is 0.733. The standard InChI is InChI=1S/C8H15N/c1-4-5-7(2)6-8(3)9/h4-6,8H,9H2,1-3H3/b5-4-,7-6+. The molecule has 0 aliphatic heterocycles. The quantitative estimate of drug-likeness (QED) is 0.560. The summed E-state index contributed by atoms with van der Waals surface area (Å²) in [4.78, 5) is 0. The van der Waals surface area contributed by atoms with E-state index < -0.39 is 0 Å². The number of hydrogen-bond acceptors (Lipinski definition) is 1. The monoisotopic (exact) mass is 125 g/mol. The van der Waals surface area contributed by atoms with Crippen molar-refractivity contribution in [1.82, 2.24) is 0 Å². The molecule has 0 radical (unpaired) electrons. The van der Waals surface area contributed by atoms with Gasteiger partial charge in [-0.15, -0.1) is 0 Å². The molecule has 0 rings (SSSR count). The number of nitrogens with two attached hydrogens (primary N) is 1. The summed E-state index contributed by atoms with van der Waals surface area (Å²) in [6.45, 7) is 6.01. The Hall–Kier alpha value is -0.560. The molecule has 0 aromatic rings. The van der Waals surface area contributed by atoms with Gasteiger partial charge in [0.05, 0.1) is 0 Å². The lowest BCUT2D eigenvalue weighted by molar-refractivity contribution is 0.918. The minimum atomic E-state index is 0.168. The SMILES string of the molecule is C/C=C\C(C)=C\C(C)N. The minimum absolute atomic E-state index is 0.168. The van der Waals surface area contributed by atoms with Crippen LogP contribution in [0.15, 0.2) is 23.8 Å². The molecule has 2 N–H and O–H groups in total. The number of rotatable bonds is 2. The van der Waals surface area contributed by atoms with Gasteiger partial charge in [-0.05, 0) is 20.8 Å². The van der Waals surface area contributed by atoms with E-state index in [4.69, 9.17) is 5.73 Å². The summed E-state index contributed by atoms with van der Waals surface area (Å²) in [5.74, 6) is 0. The molecule has 52 valence electrons. The first kappa shape index (κ1) is 8.44. The topological polar surface area (TPSA) is 26.0 Å². The fourth-order valence-corrected chi connectivity index (χ4v) is 0.733. The van der Waals surface area contributed by atoms with Gasteiger partial charge in [0.2, 0.25) is 0 Å². The van der Waals surface area contributed by atoms with Crippen LogP contribution in [0.25, 0.3) is 0 Å². The highest BCUT2D eigenvalue weighted by molar-refractivity contribution is 5.16. The summed E-state index contributed by atoms with van der Waals surface area (Å²) >= 11 is 0. The van der Waals surface area contributed by atoms with Crippen LogP contribution >= 0.6 is 0 Å². The first-order chi connectivity index (χ1) is 4.16. The van der Waals surface area contributed by atoms with Crippen LogP contribution in [0.1, 0.15) is 20.8 Å². The van der Waals surface area contributed by atoms with Gasteiger partial charge in [0, 0.05) is 6.04 Å². The summed E-state index contributed by atoms with van der Waals surface area (Å²) < 4.78 is 0. The molecule has 0 saturated heterocycles. The van der Waals surface area contributed by atoms with Crippen LogP contribution in [-0.2, 0) is 0 Å². The third kappa shape index (κ3) is 5.31. The highest BCUT2D eigenvalue weighted by Crippen LogP contribution is 1.95. The van der Waals surface area contributed by atoms with E-state index in [0.717, 1.165) is 0 Å². The van der Waals surface area contributed by atoms with Crippen LogP contribution in [0.2, 0.25) is 0 Å². The molecular formula is C8H15N. The predicted octanol–water partition coefficient (Wildman–Crippen LogP) is 1.86. The van der Waals surface area contributed by atoms with Crippen LogP contribution < -0.4 is 5.73 Å². The third-order valence-electron chi connectivity index (χ3n) is 0.955. The zero-order valence-electron chi connectivity index (χ0n) is 6.39. The molecule has 0 saturated carbocycles. The largest absolute Gasteiger partial charge is 0.325 e. The van der Waals surface area contributed by atoms with E-state index in [1.165, 1.54) is 5.57 Å². The lowest BCUT2D eigenvalue weighted by Gasteiger charge is -1.95. The van der Waals surface area contributed by atoms with E-state index in [1.54, 1.807) is 0 Å². The molecule has 0 bridgehead atoms. The Morgan fingerprint density at radius 3 is 2.44 bits per heavy atom. The first-order valence-electron chi connectivity index (χ1n) is 3.23. The first-order valence-corrected chi connectivity index (χ1v) is 3.23.